The van der Waals surface area contributed by atoms with Gasteiger partial charge in [-0.1, -0.05) is 18.2 Å². The number of nitrogens with one attached hydrogen (secondary N) is 1. The molecule has 0 aliphatic carbocycles. The number of rotatable bonds is 6. The number of nitrogens with zero attached hydrogens (tertiary/aromatic N) is 1. The zero-order chi connectivity index (χ0) is 15.3. The van der Waals surface area contributed by atoms with Crippen molar-refractivity contribution in [2.75, 3.05) is 24.2 Å². The van der Waals surface area contributed by atoms with E-state index in [0.29, 0.717) is 18.7 Å². The second-order valence-corrected chi connectivity index (χ2v) is 6.11. The van der Waals surface area contributed by atoms with Crippen molar-refractivity contribution in [3.8, 4) is 0 Å². The van der Waals surface area contributed by atoms with Gasteiger partial charge in [-0.2, -0.15) is 0 Å². The van der Waals surface area contributed by atoms with Gasteiger partial charge in [0.2, 0.25) is 0 Å². The summed E-state index contributed by atoms with van der Waals surface area (Å²) in [5.74, 6) is 0.273. The van der Waals surface area contributed by atoms with Gasteiger partial charge >= 0.3 is 0 Å². The van der Waals surface area contributed by atoms with Crippen molar-refractivity contribution in [3.63, 3.8) is 0 Å². The van der Waals surface area contributed by atoms with Crippen LogP contribution in [0.15, 0.2) is 47.5 Å². The van der Waals surface area contributed by atoms with Crippen molar-refractivity contribution in [3.05, 3.63) is 48.2 Å². The summed E-state index contributed by atoms with van der Waals surface area (Å²) >= 11 is 0. The predicted molar refractivity (Wildman–Crippen MR) is 81.5 cm³/mol. The summed E-state index contributed by atoms with van der Waals surface area (Å²) < 4.78 is 32.2. The standard InChI is InChI=1S/C14H17N3O3S/c1-20-9-8-11-4-2-3-5-13(11)17-21(18,19)12-6-7-14(15)16-10-12/h2-7,10,17H,8-9H2,1H3,(H2,15,16). The summed E-state index contributed by atoms with van der Waals surface area (Å²) in [4.78, 5) is 3.87. The number of anilines is 2. The monoisotopic (exact) mass is 307 g/mol. The molecule has 0 aliphatic rings. The van der Waals surface area contributed by atoms with Crippen molar-refractivity contribution < 1.29 is 13.2 Å². The first-order valence-corrected chi connectivity index (χ1v) is 7.82. The summed E-state index contributed by atoms with van der Waals surface area (Å²) in [6.45, 7) is 0.516. The number of benzene rings is 1. The number of hydrogen-bond acceptors (Lipinski definition) is 5. The molecule has 0 saturated carbocycles. The number of nitrogens with two attached hydrogens (primary N) is 1. The summed E-state index contributed by atoms with van der Waals surface area (Å²) in [5.41, 5.74) is 6.86. The first kappa shape index (κ1) is 15.3. The fraction of sp³-hybridized carbons (Fsp3) is 0.214. The molecule has 0 spiro atoms. The summed E-state index contributed by atoms with van der Waals surface area (Å²) in [7, 11) is -2.08. The van der Waals surface area contributed by atoms with Crippen molar-refractivity contribution in [1.82, 2.24) is 4.98 Å². The SMILES string of the molecule is COCCc1ccccc1NS(=O)(=O)c1ccc(N)nc1. The van der Waals surface area contributed by atoms with E-state index in [9.17, 15) is 8.42 Å². The second kappa shape index (κ2) is 6.55. The van der Waals surface area contributed by atoms with E-state index in [1.165, 1.54) is 18.3 Å². The molecular weight excluding hydrogens is 290 g/mol. The van der Waals surface area contributed by atoms with Gasteiger partial charge in [0.25, 0.3) is 10.0 Å². The van der Waals surface area contributed by atoms with E-state index in [-0.39, 0.29) is 10.7 Å². The maximum Gasteiger partial charge on any atom is 0.263 e. The number of pyridine rings is 1. The lowest BCUT2D eigenvalue weighted by atomic mass is 10.1. The lowest BCUT2D eigenvalue weighted by Crippen LogP contribution is -2.15. The Morgan fingerprint density at radius 2 is 2.00 bits per heavy atom. The van der Waals surface area contributed by atoms with Gasteiger partial charge in [0, 0.05) is 13.3 Å². The smallest absolute Gasteiger partial charge is 0.263 e. The molecule has 0 aliphatic heterocycles. The fourth-order valence-corrected chi connectivity index (χ4v) is 2.85. The average molecular weight is 307 g/mol. The topological polar surface area (TPSA) is 94.3 Å². The molecule has 21 heavy (non-hydrogen) atoms. The summed E-state index contributed by atoms with van der Waals surface area (Å²) in [5, 5.41) is 0. The largest absolute Gasteiger partial charge is 0.384 e. The molecule has 0 bridgehead atoms. The summed E-state index contributed by atoms with van der Waals surface area (Å²) in [6.07, 6.45) is 1.85. The maximum absolute atomic E-state index is 12.3. The van der Waals surface area contributed by atoms with E-state index in [1.54, 1.807) is 19.2 Å². The highest BCUT2D eigenvalue weighted by molar-refractivity contribution is 7.92. The van der Waals surface area contributed by atoms with Gasteiger partial charge in [-0.15, -0.1) is 0 Å². The van der Waals surface area contributed by atoms with Crippen molar-refractivity contribution in [1.29, 1.82) is 0 Å². The van der Waals surface area contributed by atoms with Crippen LogP contribution in [-0.2, 0) is 21.2 Å². The van der Waals surface area contributed by atoms with Crippen LogP contribution in [0.25, 0.3) is 0 Å². The molecule has 0 amide bonds. The average Bonchev–Trinajstić information content (AvgIpc) is 2.46. The molecule has 1 aromatic carbocycles. The number of methoxy groups -OCH3 is 1. The zero-order valence-electron chi connectivity index (χ0n) is 11.6. The molecular formula is C14H17N3O3S. The molecule has 112 valence electrons. The summed E-state index contributed by atoms with van der Waals surface area (Å²) in [6, 6.07) is 10.1. The number of aromatic nitrogens is 1. The molecule has 6 nitrogen and oxygen atoms in total. The van der Waals surface area contributed by atoms with Crippen LogP contribution in [0.4, 0.5) is 11.5 Å². The molecule has 3 N–H and O–H groups in total. The lowest BCUT2D eigenvalue weighted by Gasteiger charge is -2.12. The van der Waals surface area contributed by atoms with Gasteiger partial charge < -0.3 is 10.5 Å². The Morgan fingerprint density at radius 1 is 1.24 bits per heavy atom. The van der Waals surface area contributed by atoms with E-state index in [1.807, 2.05) is 12.1 Å². The quantitative estimate of drug-likeness (QED) is 0.846. The Balaban J connectivity index is 2.26. The number of hydrogen-bond donors (Lipinski definition) is 2. The Kier molecular flexibility index (Phi) is 4.77. The second-order valence-electron chi connectivity index (χ2n) is 4.42. The predicted octanol–water partition coefficient (Wildman–Crippen LogP) is 1.65. The Bertz CT molecular complexity index is 700. The van der Waals surface area contributed by atoms with E-state index in [0.717, 1.165) is 5.56 Å². The third-order valence-corrected chi connectivity index (χ3v) is 4.26. The van der Waals surface area contributed by atoms with Crippen LogP contribution in [0.2, 0.25) is 0 Å². The van der Waals surface area contributed by atoms with Gasteiger partial charge in [-0.25, -0.2) is 13.4 Å². The highest BCUT2D eigenvalue weighted by atomic mass is 32.2. The van der Waals surface area contributed by atoms with Gasteiger partial charge in [-0.05, 0) is 30.2 Å². The third-order valence-electron chi connectivity index (χ3n) is 2.91. The Morgan fingerprint density at radius 3 is 2.67 bits per heavy atom. The molecule has 1 aromatic heterocycles. The van der Waals surface area contributed by atoms with Gasteiger partial charge in [-0.3, -0.25) is 4.72 Å². The van der Waals surface area contributed by atoms with Crippen LogP contribution in [0.3, 0.4) is 0 Å². The molecule has 0 fully saturated rings. The van der Waals surface area contributed by atoms with Crippen LogP contribution in [0.5, 0.6) is 0 Å². The van der Waals surface area contributed by atoms with E-state index in [4.69, 9.17) is 10.5 Å². The molecule has 0 atom stereocenters. The van der Waals surface area contributed by atoms with Gasteiger partial charge in [0.15, 0.2) is 0 Å². The molecule has 0 unspecified atom stereocenters. The van der Waals surface area contributed by atoms with Gasteiger partial charge in [0.05, 0.1) is 12.3 Å². The van der Waals surface area contributed by atoms with E-state index >= 15 is 0 Å². The molecule has 2 rings (SSSR count). The Hall–Kier alpha value is -2.12. The first-order chi connectivity index (χ1) is 10.0. The number of ether oxygens (including phenoxy) is 1. The van der Waals surface area contributed by atoms with Crippen LogP contribution < -0.4 is 10.5 Å². The normalized spacial score (nSPS) is 11.3. The van der Waals surface area contributed by atoms with Crippen LogP contribution in [0.1, 0.15) is 5.56 Å². The van der Waals surface area contributed by atoms with Crippen molar-refractivity contribution in [2.24, 2.45) is 0 Å². The van der Waals surface area contributed by atoms with Crippen molar-refractivity contribution in [2.45, 2.75) is 11.3 Å². The molecule has 0 saturated heterocycles. The van der Waals surface area contributed by atoms with Crippen LogP contribution in [-0.4, -0.2) is 27.1 Å². The highest BCUT2D eigenvalue weighted by Gasteiger charge is 2.16. The number of nitrogen functional groups attached to an aromatic ring is 1. The van der Waals surface area contributed by atoms with E-state index < -0.39 is 10.0 Å². The maximum atomic E-state index is 12.3. The minimum absolute atomic E-state index is 0.0678. The highest BCUT2D eigenvalue weighted by Crippen LogP contribution is 2.20. The minimum atomic E-state index is -3.69. The Labute approximate surface area is 124 Å². The molecule has 2 aromatic rings. The first-order valence-electron chi connectivity index (χ1n) is 6.34. The molecule has 7 heteroatoms. The molecule has 1 heterocycles. The van der Waals surface area contributed by atoms with Gasteiger partial charge in [0.1, 0.15) is 10.7 Å². The lowest BCUT2D eigenvalue weighted by molar-refractivity contribution is 0.202. The van der Waals surface area contributed by atoms with Crippen molar-refractivity contribution >= 4 is 21.5 Å². The van der Waals surface area contributed by atoms with E-state index in [2.05, 4.69) is 9.71 Å². The number of sulfonamides is 1. The fourth-order valence-electron chi connectivity index (χ4n) is 1.80. The molecule has 0 radical (unpaired) electrons. The number of para-hydroxylation sites is 1. The van der Waals surface area contributed by atoms with Crippen LogP contribution >= 0.6 is 0 Å². The third kappa shape index (κ3) is 3.93. The zero-order valence-corrected chi connectivity index (χ0v) is 12.4. The minimum Gasteiger partial charge on any atom is -0.384 e. The van der Waals surface area contributed by atoms with Crippen LogP contribution in [0, 0.1) is 0 Å².